The molecule has 4 aromatic rings. The minimum Gasteiger partial charge on any atom is -0.485 e. The molecule has 0 unspecified atom stereocenters. The fraction of sp³-hybridized carbons (Fsp3) is 0.229. The number of carbonyl (C=O) groups excluding carboxylic acids is 3. The van der Waals surface area contributed by atoms with E-state index >= 15 is 0 Å². The summed E-state index contributed by atoms with van der Waals surface area (Å²) in [5.74, 6) is -0.638. The number of nitrogens with two attached hydrogens (primary N) is 1. The van der Waals surface area contributed by atoms with E-state index in [4.69, 9.17) is 19.9 Å². The first-order chi connectivity index (χ1) is 21.8. The number of primary amides is 1. The molecule has 4 rings (SSSR count). The highest BCUT2D eigenvalue weighted by molar-refractivity contribution is 5.91. The molecular formula is C35H37N3O7. The molecule has 4 aromatic carbocycles. The van der Waals surface area contributed by atoms with E-state index in [9.17, 15) is 19.5 Å². The number of ether oxygens (including phenoxy) is 3. The van der Waals surface area contributed by atoms with Gasteiger partial charge in [-0.2, -0.15) is 0 Å². The Morgan fingerprint density at radius 1 is 0.689 bits per heavy atom. The molecule has 0 radical (unpaired) electrons. The Labute approximate surface area is 262 Å². The summed E-state index contributed by atoms with van der Waals surface area (Å²) in [4.78, 5) is 37.9. The summed E-state index contributed by atoms with van der Waals surface area (Å²) in [5.41, 5.74) is 8.98. The Kier molecular flexibility index (Phi) is 11.9. The van der Waals surface area contributed by atoms with Crippen LogP contribution in [0.5, 0.6) is 11.5 Å². The van der Waals surface area contributed by atoms with E-state index in [-0.39, 0.29) is 19.6 Å². The van der Waals surface area contributed by atoms with Gasteiger partial charge in [0.1, 0.15) is 31.9 Å². The second kappa shape index (κ2) is 16.5. The second-order valence-corrected chi connectivity index (χ2v) is 10.4. The number of hydrogen-bond acceptors (Lipinski definition) is 7. The first kappa shape index (κ1) is 32.6. The molecule has 10 heteroatoms. The standard InChI is InChI=1S/C35H37N3O7/c1-24(39)32(38-35(42)45-23-27-15-9-4-10-16-27)34(41)37-29(33(36)40)19-28-17-18-30(43-21-25-11-5-2-6-12-25)31(20-28)44-22-26-13-7-3-8-14-26/h2-18,20,24,29,32,39H,19,21-23H2,1H3,(H2,36,40)(H,37,41)(H,38,42)/t24-,29-,32+/m1/s1. The summed E-state index contributed by atoms with van der Waals surface area (Å²) < 4.78 is 17.4. The molecule has 3 amide bonds. The summed E-state index contributed by atoms with van der Waals surface area (Å²) >= 11 is 0. The Balaban J connectivity index is 1.44. The number of aliphatic hydroxyl groups is 1. The molecule has 0 aromatic heterocycles. The van der Waals surface area contributed by atoms with Gasteiger partial charge in [-0.1, -0.05) is 97.1 Å². The Morgan fingerprint density at radius 2 is 1.20 bits per heavy atom. The van der Waals surface area contributed by atoms with Crippen molar-refractivity contribution in [3.63, 3.8) is 0 Å². The molecule has 0 saturated heterocycles. The van der Waals surface area contributed by atoms with Gasteiger partial charge < -0.3 is 35.7 Å². The average molecular weight is 612 g/mol. The van der Waals surface area contributed by atoms with Gasteiger partial charge in [0.15, 0.2) is 11.5 Å². The van der Waals surface area contributed by atoms with Crippen LogP contribution in [0.4, 0.5) is 4.79 Å². The molecule has 3 atom stereocenters. The van der Waals surface area contributed by atoms with Crippen LogP contribution >= 0.6 is 0 Å². The van der Waals surface area contributed by atoms with Gasteiger partial charge in [-0.25, -0.2) is 4.79 Å². The van der Waals surface area contributed by atoms with Crippen molar-refractivity contribution in [1.29, 1.82) is 0 Å². The second-order valence-electron chi connectivity index (χ2n) is 10.4. The lowest BCUT2D eigenvalue weighted by molar-refractivity contribution is -0.130. The Morgan fingerprint density at radius 3 is 1.71 bits per heavy atom. The first-order valence-electron chi connectivity index (χ1n) is 14.5. The van der Waals surface area contributed by atoms with Crippen LogP contribution in [0.15, 0.2) is 109 Å². The van der Waals surface area contributed by atoms with Crippen LogP contribution in [0.2, 0.25) is 0 Å². The maximum absolute atomic E-state index is 13.1. The van der Waals surface area contributed by atoms with Crippen molar-refractivity contribution in [2.45, 2.75) is 51.4 Å². The predicted molar refractivity (Wildman–Crippen MR) is 168 cm³/mol. The molecule has 10 nitrogen and oxygen atoms in total. The van der Waals surface area contributed by atoms with Gasteiger partial charge in [0.25, 0.3) is 0 Å². The largest absolute Gasteiger partial charge is 0.485 e. The fourth-order valence-corrected chi connectivity index (χ4v) is 4.40. The highest BCUT2D eigenvalue weighted by Crippen LogP contribution is 2.30. The summed E-state index contributed by atoms with van der Waals surface area (Å²) in [7, 11) is 0. The molecule has 0 heterocycles. The van der Waals surface area contributed by atoms with E-state index in [2.05, 4.69) is 10.6 Å². The SMILES string of the molecule is C[C@@H](O)[C@H](NC(=O)OCc1ccccc1)C(=O)N[C@H](Cc1ccc(OCc2ccccc2)c(OCc2ccccc2)c1)C(N)=O. The van der Waals surface area contributed by atoms with E-state index in [0.717, 1.165) is 16.7 Å². The van der Waals surface area contributed by atoms with Crippen molar-refractivity contribution in [2.24, 2.45) is 5.73 Å². The monoisotopic (exact) mass is 611 g/mol. The van der Waals surface area contributed by atoms with Crippen LogP contribution in [0.1, 0.15) is 29.2 Å². The van der Waals surface area contributed by atoms with Gasteiger partial charge in [-0.15, -0.1) is 0 Å². The normalized spacial score (nSPS) is 12.7. The number of benzene rings is 4. The molecule has 0 aliphatic heterocycles. The van der Waals surface area contributed by atoms with E-state index in [0.29, 0.717) is 23.7 Å². The Hall–Kier alpha value is -5.35. The van der Waals surface area contributed by atoms with Crippen molar-refractivity contribution in [1.82, 2.24) is 10.6 Å². The highest BCUT2D eigenvalue weighted by Gasteiger charge is 2.30. The zero-order chi connectivity index (χ0) is 32.0. The zero-order valence-electron chi connectivity index (χ0n) is 24.9. The van der Waals surface area contributed by atoms with Crippen LogP contribution in [0.25, 0.3) is 0 Å². The molecule has 0 saturated carbocycles. The maximum Gasteiger partial charge on any atom is 0.408 e. The molecule has 234 valence electrons. The lowest BCUT2D eigenvalue weighted by Crippen LogP contribution is -2.57. The van der Waals surface area contributed by atoms with Crippen LogP contribution in [-0.4, -0.2) is 41.2 Å². The number of hydrogen-bond donors (Lipinski definition) is 4. The van der Waals surface area contributed by atoms with E-state index in [1.54, 1.807) is 42.5 Å². The van der Waals surface area contributed by atoms with E-state index < -0.39 is 36.1 Å². The third-order valence-corrected chi connectivity index (χ3v) is 6.83. The average Bonchev–Trinajstić information content (AvgIpc) is 3.05. The van der Waals surface area contributed by atoms with E-state index in [1.165, 1.54) is 6.92 Å². The molecule has 0 bridgehead atoms. The lowest BCUT2D eigenvalue weighted by atomic mass is 10.0. The van der Waals surface area contributed by atoms with Gasteiger partial charge in [0, 0.05) is 6.42 Å². The van der Waals surface area contributed by atoms with Crippen molar-refractivity contribution in [3.8, 4) is 11.5 Å². The quantitative estimate of drug-likeness (QED) is 0.159. The zero-order valence-corrected chi connectivity index (χ0v) is 24.9. The molecular weight excluding hydrogens is 574 g/mol. The van der Waals surface area contributed by atoms with Gasteiger partial charge in [0.05, 0.1) is 6.10 Å². The topological polar surface area (TPSA) is 149 Å². The van der Waals surface area contributed by atoms with Crippen LogP contribution in [0.3, 0.4) is 0 Å². The number of nitrogens with one attached hydrogen (secondary N) is 2. The van der Waals surface area contributed by atoms with Crippen LogP contribution in [0, 0.1) is 0 Å². The number of rotatable bonds is 15. The third-order valence-electron chi connectivity index (χ3n) is 6.83. The highest BCUT2D eigenvalue weighted by atomic mass is 16.5. The number of aliphatic hydroxyl groups excluding tert-OH is 1. The van der Waals surface area contributed by atoms with Crippen molar-refractivity contribution in [2.75, 3.05) is 0 Å². The minimum absolute atomic E-state index is 0.0206. The summed E-state index contributed by atoms with van der Waals surface area (Å²) in [5, 5.41) is 15.1. The number of carbonyl (C=O) groups is 3. The third kappa shape index (κ3) is 10.4. The van der Waals surface area contributed by atoms with Crippen molar-refractivity contribution in [3.05, 3.63) is 131 Å². The van der Waals surface area contributed by atoms with Gasteiger partial charge in [0.2, 0.25) is 11.8 Å². The van der Waals surface area contributed by atoms with Gasteiger partial charge >= 0.3 is 6.09 Å². The van der Waals surface area contributed by atoms with Gasteiger partial charge in [-0.3, -0.25) is 9.59 Å². The van der Waals surface area contributed by atoms with Crippen LogP contribution in [-0.2, 0) is 40.6 Å². The molecule has 45 heavy (non-hydrogen) atoms. The number of amides is 3. The van der Waals surface area contributed by atoms with Crippen molar-refractivity contribution < 1.29 is 33.7 Å². The number of alkyl carbamates (subject to hydrolysis) is 1. The molecule has 0 spiro atoms. The lowest BCUT2D eigenvalue weighted by Gasteiger charge is -2.24. The van der Waals surface area contributed by atoms with E-state index in [1.807, 2.05) is 66.7 Å². The van der Waals surface area contributed by atoms with Gasteiger partial charge in [-0.05, 0) is 41.3 Å². The smallest absolute Gasteiger partial charge is 0.408 e. The van der Waals surface area contributed by atoms with Crippen LogP contribution < -0.4 is 25.8 Å². The van der Waals surface area contributed by atoms with Crippen molar-refractivity contribution >= 4 is 17.9 Å². The molecule has 5 N–H and O–H groups in total. The summed E-state index contributed by atoms with van der Waals surface area (Å²) in [6.07, 6.45) is -2.17. The Bertz CT molecular complexity index is 1530. The maximum atomic E-state index is 13.1. The summed E-state index contributed by atoms with van der Waals surface area (Å²) in [6.45, 7) is 1.92. The molecule has 0 fully saturated rings. The minimum atomic E-state index is -1.39. The first-order valence-corrected chi connectivity index (χ1v) is 14.5. The molecule has 0 aliphatic carbocycles. The molecule has 0 aliphatic rings. The predicted octanol–water partition coefficient (Wildman–Crippen LogP) is 4.03. The fourth-order valence-electron chi connectivity index (χ4n) is 4.40. The summed E-state index contributed by atoms with van der Waals surface area (Å²) in [6, 6.07) is 31.0.